The average Bonchev–Trinajstić information content (AvgIpc) is 3.27. The summed E-state index contributed by atoms with van der Waals surface area (Å²) in [5, 5.41) is 7.23. The lowest BCUT2D eigenvalue weighted by atomic mass is 9.76. The lowest BCUT2D eigenvalue weighted by Crippen LogP contribution is -2.45. The predicted octanol–water partition coefficient (Wildman–Crippen LogP) is 2.66. The highest BCUT2D eigenvalue weighted by atomic mass is 16.7. The molecule has 27 heavy (non-hydrogen) atoms. The van der Waals surface area contributed by atoms with E-state index < -0.39 is 0 Å². The van der Waals surface area contributed by atoms with Crippen molar-refractivity contribution in [1.29, 1.82) is 0 Å². The van der Waals surface area contributed by atoms with Gasteiger partial charge in [-0.05, 0) is 42.0 Å². The molecule has 1 saturated heterocycles. The summed E-state index contributed by atoms with van der Waals surface area (Å²) in [5.41, 5.74) is 3.01. The van der Waals surface area contributed by atoms with Crippen LogP contribution >= 0.6 is 0 Å². The van der Waals surface area contributed by atoms with E-state index in [4.69, 9.17) is 14.2 Å². The van der Waals surface area contributed by atoms with Crippen LogP contribution in [0.3, 0.4) is 0 Å². The number of nitrogens with one attached hydrogen (secondary N) is 1. The summed E-state index contributed by atoms with van der Waals surface area (Å²) in [7, 11) is 1.64. The molecule has 144 valence electrons. The number of hydrogen-bond donors (Lipinski definition) is 1. The number of aromatic amines is 1. The van der Waals surface area contributed by atoms with Gasteiger partial charge in [0.25, 0.3) is 0 Å². The largest absolute Gasteiger partial charge is 0.454 e. The summed E-state index contributed by atoms with van der Waals surface area (Å²) in [6.45, 7) is 4.27. The van der Waals surface area contributed by atoms with Crippen molar-refractivity contribution >= 4 is 5.91 Å². The maximum atomic E-state index is 12.5. The third kappa shape index (κ3) is 3.93. The summed E-state index contributed by atoms with van der Waals surface area (Å²) >= 11 is 0. The van der Waals surface area contributed by atoms with E-state index in [0.29, 0.717) is 19.6 Å². The van der Waals surface area contributed by atoms with E-state index in [2.05, 4.69) is 29.3 Å². The minimum Gasteiger partial charge on any atom is -0.454 e. The van der Waals surface area contributed by atoms with Gasteiger partial charge in [0.1, 0.15) is 0 Å². The number of H-pyrrole nitrogens is 1. The van der Waals surface area contributed by atoms with E-state index in [1.165, 1.54) is 5.56 Å². The van der Waals surface area contributed by atoms with Crippen LogP contribution in [0.2, 0.25) is 0 Å². The van der Waals surface area contributed by atoms with Gasteiger partial charge in [-0.2, -0.15) is 5.10 Å². The minimum atomic E-state index is 0.0248. The standard InChI is InChI=1S/C20H25N3O4/c1-20(9-14-3-4-17-18(7-14)27-13-26-17)6-5-19(24)23(12-20)10-15-8-16(11-25-2)22-21-15/h3-4,7-8H,5-6,9-13H2,1-2H3,(H,21,22)/t20-/m1/s1. The lowest BCUT2D eigenvalue weighted by molar-refractivity contribution is -0.138. The molecule has 1 amide bonds. The van der Waals surface area contributed by atoms with Gasteiger partial charge in [0.2, 0.25) is 12.7 Å². The molecule has 0 unspecified atom stereocenters. The van der Waals surface area contributed by atoms with Crippen molar-refractivity contribution in [2.75, 3.05) is 20.4 Å². The van der Waals surface area contributed by atoms with E-state index in [1.807, 2.05) is 17.0 Å². The molecule has 3 heterocycles. The second kappa shape index (κ2) is 7.23. The third-order valence-corrected chi connectivity index (χ3v) is 5.27. The maximum Gasteiger partial charge on any atom is 0.231 e. The Labute approximate surface area is 158 Å². The zero-order valence-electron chi connectivity index (χ0n) is 15.8. The van der Waals surface area contributed by atoms with Crippen molar-refractivity contribution in [1.82, 2.24) is 15.1 Å². The quantitative estimate of drug-likeness (QED) is 0.845. The van der Waals surface area contributed by atoms with Crippen LogP contribution in [0, 0.1) is 5.41 Å². The van der Waals surface area contributed by atoms with Gasteiger partial charge >= 0.3 is 0 Å². The Morgan fingerprint density at radius 1 is 1.30 bits per heavy atom. The van der Waals surface area contributed by atoms with Crippen molar-refractivity contribution in [2.24, 2.45) is 5.41 Å². The number of carbonyl (C=O) groups is 1. The SMILES string of the molecule is COCc1cc(CN2C[C@@](C)(Cc3ccc4c(c3)OCO4)CCC2=O)[nH]n1. The minimum absolute atomic E-state index is 0.0248. The number of hydrogen-bond acceptors (Lipinski definition) is 5. The highest BCUT2D eigenvalue weighted by Crippen LogP contribution is 2.38. The zero-order chi connectivity index (χ0) is 18.9. The van der Waals surface area contributed by atoms with Crippen LogP contribution in [0.5, 0.6) is 11.5 Å². The molecular weight excluding hydrogens is 346 g/mol. The zero-order valence-corrected chi connectivity index (χ0v) is 15.8. The lowest BCUT2D eigenvalue weighted by Gasteiger charge is -2.40. The molecule has 2 aliphatic rings. The van der Waals surface area contributed by atoms with E-state index >= 15 is 0 Å². The Kier molecular flexibility index (Phi) is 4.78. The number of benzene rings is 1. The number of piperidine rings is 1. The summed E-state index contributed by atoms with van der Waals surface area (Å²) in [5.74, 6) is 1.81. The van der Waals surface area contributed by atoms with Gasteiger partial charge in [0, 0.05) is 20.1 Å². The maximum absolute atomic E-state index is 12.5. The van der Waals surface area contributed by atoms with Crippen LogP contribution in [0.4, 0.5) is 0 Å². The molecule has 0 saturated carbocycles. The van der Waals surface area contributed by atoms with E-state index in [9.17, 15) is 4.79 Å². The van der Waals surface area contributed by atoms with Crippen LogP contribution in [-0.4, -0.2) is 41.5 Å². The molecule has 1 aromatic heterocycles. The summed E-state index contributed by atoms with van der Waals surface area (Å²) in [6, 6.07) is 8.07. The van der Waals surface area contributed by atoms with E-state index in [0.717, 1.165) is 42.3 Å². The van der Waals surface area contributed by atoms with Crippen LogP contribution in [0.15, 0.2) is 24.3 Å². The number of rotatable bonds is 6. The fourth-order valence-electron chi connectivity index (χ4n) is 3.94. The van der Waals surface area contributed by atoms with Crippen molar-refractivity contribution in [3.63, 3.8) is 0 Å². The van der Waals surface area contributed by atoms with Gasteiger partial charge < -0.3 is 19.1 Å². The Morgan fingerprint density at radius 2 is 2.15 bits per heavy atom. The Balaban J connectivity index is 1.44. The molecule has 0 aliphatic carbocycles. The first-order chi connectivity index (χ1) is 13.0. The summed E-state index contributed by atoms with van der Waals surface area (Å²) in [4.78, 5) is 14.4. The molecule has 0 spiro atoms. The number of carbonyl (C=O) groups excluding carboxylic acids is 1. The van der Waals surface area contributed by atoms with Gasteiger partial charge in [-0.3, -0.25) is 9.89 Å². The number of fused-ring (bicyclic) bond motifs is 1. The predicted molar refractivity (Wildman–Crippen MR) is 98.3 cm³/mol. The summed E-state index contributed by atoms with van der Waals surface area (Å²) in [6.07, 6.45) is 2.35. The third-order valence-electron chi connectivity index (χ3n) is 5.27. The molecule has 2 aromatic rings. The Morgan fingerprint density at radius 3 is 3.00 bits per heavy atom. The second-order valence-corrected chi connectivity index (χ2v) is 7.74. The van der Waals surface area contributed by atoms with Crippen LogP contribution in [0.25, 0.3) is 0 Å². The molecule has 2 aliphatic heterocycles. The molecule has 0 bridgehead atoms. The van der Waals surface area contributed by atoms with Gasteiger partial charge in [0.05, 0.1) is 24.5 Å². The number of amides is 1. The van der Waals surface area contributed by atoms with E-state index in [1.54, 1.807) is 7.11 Å². The first-order valence-electron chi connectivity index (χ1n) is 9.23. The van der Waals surface area contributed by atoms with Crippen LogP contribution < -0.4 is 9.47 Å². The smallest absolute Gasteiger partial charge is 0.231 e. The van der Waals surface area contributed by atoms with Gasteiger partial charge in [0.15, 0.2) is 11.5 Å². The number of nitrogens with zero attached hydrogens (tertiary/aromatic N) is 2. The van der Waals surface area contributed by atoms with Crippen molar-refractivity contribution in [3.8, 4) is 11.5 Å². The number of methoxy groups -OCH3 is 1. The molecule has 1 N–H and O–H groups in total. The van der Waals surface area contributed by atoms with Gasteiger partial charge in [-0.1, -0.05) is 13.0 Å². The molecule has 1 atom stereocenters. The molecule has 7 heteroatoms. The monoisotopic (exact) mass is 371 g/mol. The first kappa shape index (κ1) is 17.9. The number of likely N-dealkylation sites (tertiary alicyclic amines) is 1. The topological polar surface area (TPSA) is 76.7 Å². The van der Waals surface area contributed by atoms with Crippen molar-refractivity contribution in [2.45, 2.75) is 39.3 Å². The van der Waals surface area contributed by atoms with Crippen LogP contribution in [0.1, 0.15) is 36.7 Å². The number of ether oxygens (including phenoxy) is 3. The molecule has 0 radical (unpaired) electrons. The first-order valence-corrected chi connectivity index (χ1v) is 9.23. The highest BCUT2D eigenvalue weighted by Gasteiger charge is 2.35. The Bertz CT molecular complexity index is 834. The molecular formula is C20H25N3O4. The highest BCUT2D eigenvalue weighted by molar-refractivity contribution is 5.77. The molecule has 1 aromatic carbocycles. The fraction of sp³-hybridized carbons (Fsp3) is 0.500. The molecule has 7 nitrogen and oxygen atoms in total. The molecule has 4 rings (SSSR count). The van der Waals surface area contributed by atoms with Gasteiger partial charge in [-0.25, -0.2) is 0 Å². The normalized spacial score (nSPS) is 21.7. The summed E-state index contributed by atoms with van der Waals surface area (Å²) < 4.78 is 16.0. The molecule has 1 fully saturated rings. The fourth-order valence-corrected chi connectivity index (χ4v) is 3.94. The average molecular weight is 371 g/mol. The Hall–Kier alpha value is -2.54. The van der Waals surface area contributed by atoms with Crippen LogP contribution in [-0.2, 0) is 29.1 Å². The van der Waals surface area contributed by atoms with Crippen molar-refractivity contribution in [3.05, 3.63) is 41.2 Å². The van der Waals surface area contributed by atoms with Gasteiger partial charge in [-0.15, -0.1) is 0 Å². The second-order valence-electron chi connectivity index (χ2n) is 7.74. The van der Waals surface area contributed by atoms with E-state index in [-0.39, 0.29) is 18.1 Å². The number of aromatic nitrogens is 2. The van der Waals surface area contributed by atoms with Crippen molar-refractivity contribution < 1.29 is 19.0 Å².